The third-order valence-electron chi connectivity index (χ3n) is 1.65. The van der Waals surface area contributed by atoms with Crippen molar-refractivity contribution in [2.45, 2.75) is 0 Å². The van der Waals surface area contributed by atoms with Gasteiger partial charge in [-0.15, -0.1) is 0 Å². The van der Waals surface area contributed by atoms with Gasteiger partial charge in [-0.3, -0.25) is 19.0 Å². The second-order valence-electron chi connectivity index (χ2n) is 2.48. The molecule has 0 aliphatic rings. The lowest BCUT2D eigenvalue weighted by Crippen LogP contribution is -2.28. The third kappa shape index (κ3) is 1.08. The van der Waals surface area contributed by atoms with Crippen LogP contribution in [0.5, 0.6) is 0 Å². The average Bonchev–Trinajstić information content (AvgIpc) is 2.07. The van der Waals surface area contributed by atoms with Gasteiger partial charge in [0.1, 0.15) is 5.52 Å². The van der Waals surface area contributed by atoms with Gasteiger partial charge in [0.05, 0.1) is 0 Å². The van der Waals surface area contributed by atoms with E-state index in [1.807, 2.05) is 4.98 Å². The number of aromatic amines is 2. The Morgan fingerprint density at radius 2 is 2.00 bits per heavy atom. The lowest BCUT2D eigenvalue weighted by Gasteiger charge is -1.95. The standard InChI is InChI=1S/C7H5N3O3/c11-5-3-4-6(12)8-1-2-10(4)7(13)9-5/h1-3H,(H,8,12)(H,9,11,13). The van der Waals surface area contributed by atoms with Crippen molar-refractivity contribution in [3.63, 3.8) is 0 Å². The maximum atomic E-state index is 11.1. The van der Waals surface area contributed by atoms with Crippen LogP contribution in [-0.2, 0) is 0 Å². The zero-order valence-corrected chi connectivity index (χ0v) is 6.40. The number of nitrogens with zero attached hydrogens (tertiary/aromatic N) is 1. The van der Waals surface area contributed by atoms with Gasteiger partial charge in [0.15, 0.2) is 0 Å². The fourth-order valence-electron chi connectivity index (χ4n) is 1.09. The first kappa shape index (κ1) is 7.53. The van der Waals surface area contributed by atoms with E-state index in [4.69, 9.17) is 0 Å². The predicted octanol–water partition coefficient (Wildman–Crippen LogP) is -1.32. The molecule has 2 N–H and O–H groups in total. The molecule has 0 unspecified atom stereocenters. The Hall–Kier alpha value is -2.11. The van der Waals surface area contributed by atoms with Crippen LogP contribution in [0.15, 0.2) is 32.8 Å². The van der Waals surface area contributed by atoms with Crippen molar-refractivity contribution in [3.05, 3.63) is 49.7 Å². The minimum absolute atomic E-state index is 0.0382. The molecule has 0 saturated carbocycles. The smallest absolute Gasteiger partial charge is 0.326 e. The number of H-pyrrole nitrogens is 2. The molecule has 0 amide bonds. The molecule has 66 valence electrons. The van der Waals surface area contributed by atoms with E-state index in [-0.39, 0.29) is 5.52 Å². The Bertz CT molecular complexity index is 619. The monoisotopic (exact) mass is 179 g/mol. The lowest BCUT2D eigenvalue weighted by atomic mass is 10.5. The molecule has 0 aliphatic carbocycles. The van der Waals surface area contributed by atoms with E-state index in [9.17, 15) is 14.4 Å². The number of aromatic nitrogens is 3. The van der Waals surface area contributed by atoms with Crippen LogP contribution >= 0.6 is 0 Å². The van der Waals surface area contributed by atoms with Gasteiger partial charge >= 0.3 is 5.69 Å². The Morgan fingerprint density at radius 3 is 2.77 bits per heavy atom. The molecule has 0 saturated heterocycles. The molecule has 0 atom stereocenters. The molecular weight excluding hydrogens is 174 g/mol. The molecule has 0 radical (unpaired) electrons. The van der Waals surface area contributed by atoms with Gasteiger partial charge in [-0.1, -0.05) is 0 Å². The predicted molar refractivity (Wildman–Crippen MR) is 44.9 cm³/mol. The van der Waals surface area contributed by atoms with Crippen molar-refractivity contribution in [2.24, 2.45) is 0 Å². The second-order valence-corrected chi connectivity index (χ2v) is 2.48. The Balaban J connectivity index is 3.22. The third-order valence-corrected chi connectivity index (χ3v) is 1.65. The molecule has 0 bridgehead atoms. The van der Waals surface area contributed by atoms with Crippen LogP contribution in [0.2, 0.25) is 0 Å². The SMILES string of the molecule is O=c1cc2c(=O)[nH]ccn2c(=O)[nH]1. The van der Waals surface area contributed by atoms with Gasteiger partial charge in [-0.25, -0.2) is 4.79 Å². The zero-order valence-electron chi connectivity index (χ0n) is 6.40. The number of hydrogen-bond donors (Lipinski definition) is 2. The Labute approximate surface area is 70.5 Å². The van der Waals surface area contributed by atoms with Crippen LogP contribution in [0.4, 0.5) is 0 Å². The molecule has 13 heavy (non-hydrogen) atoms. The average molecular weight is 179 g/mol. The highest BCUT2D eigenvalue weighted by Crippen LogP contribution is 1.82. The van der Waals surface area contributed by atoms with Gasteiger partial charge in [-0.05, 0) is 0 Å². The van der Waals surface area contributed by atoms with Crippen molar-refractivity contribution < 1.29 is 0 Å². The summed E-state index contributed by atoms with van der Waals surface area (Å²) >= 11 is 0. The fourth-order valence-corrected chi connectivity index (χ4v) is 1.09. The van der Waals surface area contributed by atoms with Crippen molar-refractivity contribution >= 4 is 5.52 Å². The highest BCUT2D eigenvalue weighted by molar-refractivity contribution is 5.41. The zero-order chi connectivity index (χ0) is 9.42. The summed E-state index contributed by atoms with van der Waals surface area (Å²) in [6.07, 6.45) is 2.70. The molecule has 0 aliphatic heterocycles. The fraction of sp³-hybridized carbons (Fsp3) is 0. The van der Waals surface area contributed by atoms with Crippen molar-refractivity contribution in [2.75, 3.05) is 0 Å². The summed E-state index contributed by atoms with van der Waals surface area (Å²) in [6, 6.07) is 1.07. The highest BCUT2D eigenvalue weighted by Gasteiger charge is 1.99. The first-order valence-corrected chi connectivity index (χ1v) is 3.52. The van der Waals surface area contributed by atoms with E-state index >= 15 is 0 Å². The van der Waals surface area contributed by atoms with E-state index in [1.165, 1.54) is 12.4 Å². The molecule has 2 aromatic rings. The first-order valence-electron chi connectivity index (χ1n) is 3.52. The number of rotatable bonds is 0. The van der Waals surface area contributed by atoms with Crippen LogP contribution in [0.1, 0.15) is 0 Å². The number of fused-ring (bicyclic) bond motifs is 1. The summed E-state index contributed by atoms with van der Waals surface area (Å²) < 4.78 is 1.07. The summed E-state index contributed by atoms with van der Waals surface area (Å²) in [5.74, 6) is 0. The molecule has 2 aromatic heterocycles. The van der Waals surface area contributed by atoms with Crippen LogP contribution in [0, 0.1) is 0 Å². The van der Waals surface area contributed by atoms with E-state index in [1.54, 1.807) is 0 Å². The van der Waals surface area contributed by atoms with E-state index in [2.05, 4.69) is 4.98 Å². The topological polar surface area (TPSA) is 87.2 Å². The summed E-state index contributed by atoms with van der Waals surface area (Å²) in [5.41, 5.74) is -1.63. The van der Waals surface area contributed by atoms with Crippen LogP contribution in [0.3, 0.4) is 0 Å². The van der Waals surface area contributed by atoms with Gasteiger partial charge < -0.3 is 4.98 Å². The Kier molecular flexibility index (Phi) is 1.42. The van der Waals surface area contributed by atoms with Crippen molar-refractivity contribution in [1.82, 2.24) is 14.4 Å². The highest BCUT2D eigenvalue weighted by atomic mass is 16.2. The van der Waals surface area contributed by atoms with Gasteiger partial charge in [0.25, 0.3) is 11.1 Å². The molecule has 0 fully saturated rings. The maximum absolute atomic E-state index is 11.1. The van der Waals surface area contributed by atoms with Gasteiger partial charge in [0, 0.05) is 18.5 Å². The normalized spacial score (nSPS) is 10.5. The molecule has 6 heteroatoms. The van der Waals surface area contributed by atoms with Crippen LogP contribution < -0.4 is 16.8 Å². The largest absolute Gasteiger partial charge is 0.333 e. The minimum atomic E-state index is -0.617. The summed E-state index contributed by atoms with van der Waals surface area (Å²) in [7, 11) is 0. The lowest BCUT2D eigenvalue weighted by molar-refractivity contribution is 0.944. The van der Waals surface area contributed by atoms with Crippen molar-refractivity contribution in [1.29, 1.82) is 0 Å². The number of hydrogen-bond acceptors (Lipinski definition) is 3. The summed E-state index contributed by atoms with van der Waals surface area (Å²) in [4.78, 5) is 37.5. The Morgan fingerprint density at radius 1 is 1.23 bits per heavy atom. The summed E-state index contributed by atoms with van der Waals surface area (Å²) in [6.45, 7) is 0. The van der Waals surface area contributed by atoms with E-state index in [0.717, 1.165) is 10.5 Å². The summed E-state index contributed by atoms with van der Waals surface area (Å²) in [5, 5.41) is 0. The maximum Gasteiger partial charge on any atom is 0.333 e. The number of nitrogens with one attached hydrogen (secondary N) is 2. The van der Waals surface area contributed by atoms with E-state index in [0.29, 0.717) is 0 Å². The second kappa shape index (κ2) is 2.44. The molecular formula is C7H5N3O3. The van der Waals surface area contributed by atoms with Crippen molar-refractivity contribution in [3.8, 4) is 0 Å². The minimum Gasteiger partial charge on any atom is -0.326 e. The molecule has 2 heterocycles. The molecule has 6 nitrogen and oxygen atoms in total. The molecule has 2 rings (SSSR count). The quantitative estimate of drug-likeness (QED) is 0.525. The molecule has 0 aromatic carbocycles. The van der Waals surface area contributed by atoms with Crippen LogP contribution in [0.25, 0.3) is 5.52 Å². The van der Waals surface area contributed by atoms with Gasteiger partial charge in [0.2, 0.25) is 0 Å². The van der Waals surface area contributed by atoms with Gasteiger partial charge in [-0.2, -0.15) is 0 Å². The van der Waals surface area contributed by atoms with E-state index < -0.39 is 16.8 Å². The van der Waals surface area contributed by atoms with Crippen LogP contribution in [-0.4, -0.2) is 14.4 Å². The first-order chi connectivity index (χ1) is 6.18. The molecule has 0 spiro atoms.